The van der Waals surface area contributed by atoms with Gasteiger partial charge in [-0.15, -0.1) is 0 Å². The predicted octanol–water partition coefficient (Wildman–Crippen LogP) is 1.33. The highest BCUT2D eigenvalue weighted by atomic mass is 16.5. The summed E-state index contributed by atoms with van der Waals surface area (Å²) in [6, 6.07) is 8.95. The van der Waals surface area contributed by atoms with Crippen molar-refractivity contribution in [2.45, 2.75) is 11.7 Å². The molecule has 146 valence electrons. The first kappa shape index (κ1) is 20.7. The molecule has 2 aromatic carbocycles. The summed E-state index contributed by atoms with van der Waals surface area (Å²) in [4.78, 5) is 0. The number of hydrogen-bond acceptors (Lipinski definition) is 7. The molecule has 0 spiro atoms. The van der Waals surface area contributed by atoms with E-state index >= 15 is 0 Å². The molecular formula is C20H24O7. The van der Waals surface area contributed by atoms with Crippen LogP contribution in [0.4, 0.5) is 0 Å². The van der Waals surface area contributed by atoms with Crippen molar-refractivity contribution < 1.29 is 35.0 Å². The van der Waals surface area contributed by atoms with Crippen molar-refractivity contribution in [1.82, 2.24) is 0 Å². The Labute approximate surface area is 157 Å². The Hall–Kier alpha value is -2.58. The van der Waals surface area contributed by atoms with Crippen molar-refractivity contribution >= 4 is 6.08 Å². The van der Waals surface area contributed by atoms with Gasteiger partial charge in [-0.05, 0) is 29.3 Å². The molecular weight excluding hydrogens is 352 g/mol. The summed E-state index contributed by atoms with van der Waals surface area (Å²) in [6.45, 7) is -0.897. The number of aromatic hydroxyl groups is 1. The van der Waals surface area contributed by atoms with Gasteiger partial charge in [-0.25, -0.2) is 0 Å². The maximum atomic E-state index is 11.1. The molecule has 2 aromatic rings. The SMILES string of the molecule is COc1cc(C(O)[C@](O)(CO)c2ccc(/C=C/CO)cc2OC)ccc1O. The summed E-state index contributed by atoms with van der Waals surface area (Å²) < 4.78 is 10.3. The van der Waals surface area contributed by atoms with Crippen LogP contribution in [0.2, 0.25) is 0 Å². The van der Waals surface area contributed by atoms with E-state index < -0.39 is 18.3 Å². The quantitative estimate of drug-likeness (QED) is 0.471. The second kappa shape index (κ2) is 8.88. The van der Waals surface area contributed by atoms with Crippen LogP contribution in [0.3, 0.4) is 0 Å². The zero-order chi connectivity index (χ0) is 20.0. The van der Waals surface area contributed by atoms with E-state index in [0.717, 1.165) is 0 Å². The van der Waals surface area contributed by atoms with Crippen LogP contribution in [0.5, 0.6) is 17.2 Å². The molecule has 1 unspecified atom stereocenters. The van der Waals surface area contributed by atoms with Gasteiger partial charge < -0.3 is 35.0 Å². The molecule has 0 aromatic heterocycles. The van der Waals surface area contributed by atoms with Crippen molar-refractivity contribution in [2.75, 3.05) is 27.4 Å². The van der Waals surface area contributed by atoms with Gasteiger partial charge in [0, 0.05) is 5.56 Å². The Bertz CT molecular complexity index is 803. The number of aliphatic hydroxyl groups excluding tert-OH is 3. The third kappa shape index (κ3) is 4.23. The van der Waals surface area contributed by atoms with Crippen LogP contribution in [0.1, 0.15) is 22.8 Å². The number of rotatable bonds is 8. The minimum atomic E-state index is -2.06. The monoisotopic (exact) mass is 376 g/mol. The minimum absolute atomic E-state index is 0.112. The fraction of sp³-hybridized carbons (Fsp3) is 0.300. The minimum Gasteiger partial charge on any atom is -0.504 e. The van der Waals surface area contributed by atoms with E-state index in [1.54, 1.807) is 24.3 Å². The lowest BCUT2D eigenvalue weighted by Crippen LogP contribution is -2.37. The molecule has 0 saturated carbocycles. The second-order valence-electron chi connectivity index (χ2n) is 5.96. The highest BCUT2D eigenvalue weighted by Crippen LogP contribution is 2.41. The third-order valence-electron chi connectivity index (χ3n) is 4.32. The predicted molar refractivity (Wildman–Crippen MR) is 99.7 cm³/mol. The van der Waals surface area contributed by atoms with Crippen molar-refractivity contribution in [3.8, 4) is 17.2 Å². The normalized spacial score (nSPS) is 14.7. The Morgan fingerprint density at radius 2 is 1.74 bits per heavy atom. The maximum absolute atomic E-state index is 11.1. The lowest BCUT2D eigenvalue weighted by molar-refractivity contribution is -0.115. The van der Waals surface area contributed by atoms with E-state index in [-0.39, 0.29) is 35.0 Å². The molecule has 0 amide bonds. The van der Waals surface area contributed by atoms with Crippen LogP contribution < -0.4 is 9.47 Å². The lowest BCUT2D eigenvalue weighted by atomic mass is 9.84. The summed E-state index contributed by atoms with van der Waals surface area (Å²) in [5.74, 6) is 0.276. The Morgan fingerprint density at radius 1 is 1.04 bits per heavy atom. The average molecular weight is 376 g/mol. The molecule has 0 heterocycles. The molecule has 27 heavy (non-hydrogen) atoms. The zero-order valence-corrected chi connectivity index (χ0v) is 15.2. The third-order valence-corrected chi connectivity index (χ3v) is 4.32. The number of benzene rings is 2. The van der Waals surface area contributed by atoms with E-state index in [9.17, 15) is 20.4 Å². The Balaban J connectivity index is 2.50. The topological polar surface area (TPSA) is 120 Å². The Kier molecular flexibility index (Phi) is 6.81. The van der Waals surface area contributed by atoms with Crippen LogP contribution in [0.25, 0.3) is 6.08 Å². The highest BCUT2D eigenvalue weighted by molar-refractivity contribution is 5.55. The van der Waals surface area contributed by atoms with E-state index in [1.807, 2.05) is 0 Å². The molecule has 7 heteroatoms. The molecule has 5 N–H and O–H groups in total. The standard InChI is InChI=1S/C20H24O7/c1-26-17-10-13(4-3-9-21)5-7-15(17)20(25,12-22)19(24)14-6-8-16(23)18(11-14)27-2/h3-8,10-11,19,21-25H,9,12H2,1-2H3/b4-3+/t19?,20-/m0/s1. The smallest absolute Gasteiger partial charge is 0.160 e. The molecule has 0 bridgehead atoms. The maximum Gasteiger partial charge on any atom is 0.160 e. The van der Waals surface area contributed by atoms with Gasteiger partial charge in [0.05, 0.1) is 27.4 Å². The van der Waals surface area contributed by atoms with Gasteiger partial charge in [-0.2, -0.15) is 0 Å². The van der Waals surface area contributed by atoms with Gasteiger partial charge in [0.25, 0.3) is 0 Å². The molecule has 2 rings (SSSR count). The van der Waals surface area contributed by atoms with Crippen LogP contribution >= 0.6 is 0 Å². The average Bonchev–Trinajstić information content (AvgIpc) is 2.71. The summed E-state index contributed by atoms with van der Waals surface area (Å²) in [5.41, 5.74) is -0.918. The summed E-state index contributed by atoms with van der Waals surface area (Å²) in [6.07, 6.45) is 1.69. The van der Waals surface area contributed by atoms with Crippen LogP contribution in [0.15, 0.2) is 42.5 Å². The number of phenols is 1. The van der Waals surface area contributed by atoms with Gasteiger partial charge in [-0.1, -0.05) is 30.4 Å². The van der Waals surface area contributed by atoms with E-state index in [1.165, 1.54) is 38.5 Å². The first-order valence-corrected chi connectivity index (χ1v) is 8.25. The first-order chi connectivity index (χ1) is 12.9. The fourth-order valence-corrected chi connectivity index (χ4v) is 2.82. The van der Waals surface area contributed by atoms with E-state index in [4.69, 9.17) is 14.6 Å². The lowest BCUT2D eigenvalue weighted by Gasteiger charge is -2.33. The number of aliphatic hydroxyl groups is 4. The number of hydrogen-bond donors (Lipinski definition) is 5. The summed E-state index contributed by atoms with van der Waals surface area (Å²) >= 11 is 0. The van der Waals surface area contributed by atoms with Crippen LogP contribution in [-0.4, -0.2) is 53.0 Å². The summed E-state index contributed by atoms with van der Waals surface area (Å²) in [5, 5.41) is 50.4. The van der Waals surface area contributed by atoms with Crippen molar-refractivity contribution in [2.24, 2.45) is 0 Å². The second-order valence-corrected chi connectivity index (χ2v) is 5.96. The molecule has 0 fully saturated rings. The highest BCUT2D eigenvalue weighted by Gasteiger charge is 2.40. The molecule has 0 aliphatic rings. The number of ether oxygens (including phenoxy) is 2. The molecule has 7 nitrogen and oxygen atoms in total. The molecule has 0 saturated heterocycles. The molecule has 2 atom stereocenters. The van der Waals surface area contributed by atoms with E-state index in [0.29, 0.717) is 5.56 Å². The van der Waals surface area contributed by atoms with Crippen LogP contribution in [0, 0.1) is 0 Å². The number of phenolic OH excluding ortho intramolecular Hbond substituents is 1. The molecule has 0 radical (unpaired) electrons. The van der Waals surface area contributed by atoms with Crippen molar-refractivity contribution in [1.29, 1.82) is 0 Å². The number of methoxy groups -OCH3 is 2. The van der Waals surface area contributed by atoms with Gasteiger partial charge in [-0.3, -0.25) is 0 Å². The van der Waals surface area contributed by atoms with Gasteiger partial charge >= 0.3 is 0 Å². The van der Waals surface area contributed by atoms with E-state index in [2.05, 4.69) is 0 Å². The molecule has 0 aliphatic carbocycles. The molecule has 0 aliphatic heterocycles. The van der Waals surface area contributed by atoms with Gasteiger partial charge in [0.1, 0.15) is 17.5 Å². The largest absolute Gasteiger partial charge is 0.504 e. The van der Waals surface area contributed by atoms with Gasteiger partial charge in [0.15, 0.2) is 11.5 Å². The van der Waals surface area contributed by atoms with Crippen molar-refractivity contribution in [3.63, 3.8) is 0 Å². The van der Waals surface area contributed by atoms with Crippen LogP contribution in [-0.2, 0) is 5.60 Å². The Morgan fingerprint density at radius 3 is 2.33 bits per heavy atom. The fourth-order valence-electron chi connectivity index (χ4n) is 2.82. The van der Waals surface area contributed by atoms with Gasteiger partial charge in [0.2, 0.25) is 0 Å². The zero-order valence-electron chi connectivity index (χ0n) is 15.2. The van der Waals surface area contributed by atoms with Crippen molar-refractivity contribution in [3.05, 3.63) is 59.2 Å². The summed E-state index contributed by atoms with van der Waals surface area (Å²) in [7, 11) is 2.78. The first-order valence-electron chi connectivity index (χ1n) is 8.25.